The van der Waals surface area contributed by atoms with E-state index in [1.807, 2.05) is 30.3 Å². The first kappa shape index (κ1) is 17.7. The topological polar surface area (TPSA) is 69.6 Å². The van der Waals surface area contributed by atoms with E-state index < -0.39 is 6.10 Å². The minimum absolute atomic E-state index is 0.0845. The Hall–Kier alpha value is -2.66. The Morgan fingerprint density at radius 1 is 1.08 bits per heavy atom. The van der Waals surface area contributed by atoms with E-state index in [9.17, 15) is 14.7 Å². The van der Waals surface area contributed by atoms with Crippen LogP contribution < -0.4 is 10.2 Å². The second kappa shape index (κ2) is 8.26. The molecular formula is C19H22N2O3. The second-order valence-corrected chi connectivity index (χ2v) is 5.72. The molecule has 0 aliphatic carbocycles. The number of anilines is 2. The lowest BCUT2D eigenvalue weighted by molar-refractivity contribution is -0.115. The van der Waals surface area contributed by atoms with Crippen LogP contribution in [0.4, 0.5) is 11.4 Å². The molecule has 0 unspecified atom stereocenters. The zero-order valence-electron chi connectivity index (χ0n) is 13.9. The minimum Gasteiger partial charge on any atom is -0.392 e. The van der Waals surface area contributed by atoms with Crippen molar-refractivity contribution in [3.63, 3.8) is 0 Å². The first-order valence-corrected chi connectivity index (χ1v) is 7.85. The quantitative estimate of drug-likeness (QED) is 0.768. The van der Waals surface area contributed by atoms with Crippen molar-refractivity contribution in [1.29, 1.82) is 0 Å². The van der Waals surface area contributed by atoms with Crippen LogP contribution in [0.25, 0.3) is 0 Å². The average molecular weight is 326 g/mol. The maximum atomic E-state index is 12.4. The number of benzene rings is 2. The van der Waals surface area contributed by atoms with Gasteiger partial charge >= 0.3 is 0 Å². The summed E-state index contributed by atoms with van der Waals surface area (Å²) in [6.45, 7) is 3.57. The van der Waals surface area contributed by atoms with E-state index in [1.165, 1.54) is 6.92 Å². The number of carbonyl (C=O) groups is 2. The maximum absolute atomic E-state index is 12.4. The molecule has 0 aromatic heterocycles. The van der Waals surface area contributed by atoms with Crippen LogP contribution in [0.1, 0.15) is 24.2 Å². The molecule has 2 rings (SSSR count). The summed E-state index contributed by atoms with van der Waals surface area (Å²) < 4.78 is 0. The number of nitrogens with zero attached hydrogens (tertiary/aromatic N) is 1. The molecule has 0 aliphatic rings. The SMILES string of the molecule is CC(=O)c1ccccc1NC(=O)CN(C[C@H](C)O)c1ccccc1. The largest absolute Gasteiger partial charge is 0.392 e. The molecule has 0 aliphatic heterocycles. The number of para-hydroxylation sites is 2. The molecule has 0 heterocycles. The van der Waals surface area contributed by atoms with Crippen LogP contribution in [0.2, 0.25) is 0 Å². The molecule has 126 valence electrons. The fourth-order valence-electron chi connectivity index (χ4n) is 2.48. The number of nitrogens with one attached hydrogen (secondary N) is 1. The van der Waals surface area contributed by atoms with Crippen molar-refractivity contribution in [2.75, 3.05) is 23.3 Å². The maximum Gasteiger partial charge on any atom is 0.243 e. The Morgan fingerprint density at radius 3 is 2.33 bits per heavy atom. The number of hydrogen-bond acceptors (Lipinski definition) is 4. The number of hydrogen-bond donors (Lipinski definition) is 2. The van der Waals surface area contributed by atoms with Crippen molar-refractivity contribution in [2.45, 2.75) is 20.0 Å². The number of ketones is 1. The molecular weight excluding hydrogens is 304 g/mol. The molecule has 2 N–H and O–H groups in total. The number of carbonyl (C=O) groups excluding carboxylic acids is 2. The van der Waals surface area contributed by atoms with Gasteiger partial charge in [-0.1, -0.05) is 30.3 Å². The van der Waals surface area contributed by atoms with Crippen LogP contribution in [0, 0.1) is 0 Å². The third-order valence-corrected chi connectivity index (χ3v) is 3.52. The van der Waals surface area contributed by atoms with E-state index >= 15 is 0 Å². The number of rotatable bonds is 7. The highest BCUT2D eigenvalue weighted by Crippen LogP contribution is 2.17. The van der Waals surface area contributed by atoms with Crippen molar-refractivity contribution in [1.82, 2.24) is 0 Å². The predicted molar refractivity (Wildman–Crippen MR) is 95.4 cm³/mol. The Labute approximate surface area is 141 Å². The van der Waals surface area contributed by atoms with Gasteiger partial charge < -0.3 is 15.3 Å². The Morgan fingerprint density at radius 2 is 1.71 bits per heavy atom. The molecule has 24 heavy (non-hydrogen) atoms. The number of Topliss-reactive ketones (excluding diaryl/α,β-unsaturated/α-hetero) is 1. The van der Waals surface area contributed by atoms with Crippen LogP contribution in [0.15, 0.2) is 54.6 Å². The first-order valence-electron chi connectivity index (χ1n) is 7.85. The highest BCUT2D eigenvalue weighted by molar-refractivity contribution is 6.04. The molecule has 0 saturated carbocycles. The van der Waals surface area contributed by atoms with Crippen molar-refractivity contribution < 1.29 is 14.7 Å². The summed E-state index contributed by atoms with van der Waals surface area (Å²) in [7, 11) is 0. The first-order chi connectivity index (χ1) is 11.5. The Bertz CT molecular complexity index is 699. The van der Waals surface area contributed by atoms with Crippen LogP contribution in [0.5, 0.6) is 0 Å². The normalized spacial score (nSPS) is 11.6. The van der Waals surface area contributed by atoms with Gasteiger partial charge in [-0.15, -0.1) is 0 Å². The fourth-order valence-corrected chi connectivity index (χ4v) is 2.48. The van der Waals surface area contributed by atoms with E-state index in [2.05, 4.69) is 5.32 Å². The van der Waals surface area contributed by atoms with Gasteiger partial charge in [0.2, 0.25) is 5.91 Å². The van der Waals surface area contributed by atoms with Gasteiger partial charge in [0.05, 0.1) is 18.3 Å². The van der Waals surface area contributed by atoms with Gasteiger partial charge in [-0.2, -0.15) is 0 Å². The summed E-state index contributed by atoms with van der Waals surface area (Å²) in [5.41, 5.74) is 1.83. The fraction of sp³-hybridized carbons (Fsp3) is 0.263. The minimum atomic E-state index is -0.567. The molecule has 0 radical (unpaired) electrons. The second-order valence-electron chi connectivity index (χ2n) is 5.72. The van der Waals surface area contributed by atoms with Crippen LogP contribution in [-0.4, -0.2) is 36.0 Å². The van der Waals surface area contributed by atoms with E-state index in [1.54, 1.807) is 36.1 Å². The molecule has 0 saturated heterocycles. The van der Waals surface area contributed by atoms with Crippen molar-refractivity contribution in [3.8, 4) is 0 Å². The molecule has 0 fully saturated rings. The third kappa shape index (κ3) is 4.93. The number of amides is 1. The van der Waals surface area contributed by atoms with E-state index in [-0.39, 0.29) is 18.2 Å². The lowest BCUT2D eigenvalue weighted by Crippen LogP contribution is -2.37. The average Bonchev–Trinajstić information content (AvgIpc) is 2.55. The monoisotopic (exact) mass is 326 g/mol. The van der Waals surface area contributed by atoms with E-state index in [0.29, 0.717) is 17.8 Å². The predicted octanol–water partition coefficient (Wildman–Crippen LogP) is 2.72. The van der Waals surface area contributed by atoms with Gasteiger partial charge in [0.1, 0.15) is 0 Å². The highest BCUT2D eigenvalue weighted by atomic mass is 16.3. The van der Waals surface area contributed by atoms with Gasteiger partial charge in [-0.3, -0.25) is 9.59 Å². The smallest absolute Gasteiger partial charge is 0.243 e. The van der Waals surface area contributed by atoms with Gasteiger partial charge in [0, 0.05) is 17.8 Å². The van der Waals surface area contributed by atoms with Crippen LogP contribution >= 0.6 is 0 Å². The Balaban J connectivity index is 2.12. The zero-order chi connectivity index (χ0) is 17.5. The summed E-state index contributed by atoms with van der Waals surface area (Å²) in [4.78, 5) is 25.9. The van der Waals surface area contributed by atoms with Crippen molar-refractivity contribution in [3.05, 3.63) is 60.2 Å². The summed E-state index contributed by atoms with van der Waals surface area (Å²) in [6.07, 6.45) is -0.567. The molecule has 0 bridgehead atoms. The number of aliphatic hydroxyl groups excluding tert-OH is 1. The molecule has 0 spiro atoms. The summed E-state index contributed by atoms with van der Waals surface area (Å²) >= 11 is 0. The van der Waals surface area contributed by atoms with Crippen LogP contribution in [0.3, 0.4) is 0 Å². The molecule has 5 heteroatoms. The lowest BCUT2D eigenvalue weighted by Gasteiger charge is -2.25. The lowest BCUT2D eigenvalue weighted by atomic mass is 10.1. The molecule has 2 aromatic carbocycles. The molecule has 1 amide bonds. The zero-order valence-corrected chi connectivity index (χ0v) is 13.9. The van der Waals surface area contributed by atoms with Crippen LogP contribution in [-0.2, 0) is 4.79 Å². The van der Waals surface area contributed by atoms with Gasteiger partial charge in [0.25, 0.3) is 0 Å². The molecule has 1 atom stereocenters. The molecule has 5 nitrogen and oxygen atoms in total. The third-order valence-electron chi connectivity index (χ3n) is 3.52. The highest BCUT2D eigenvalue weighted by Gasteiger charge is 2.15. The summed E-state index contributed by atoms with van der Waals surface area (Å²) in [5, 5.41) is 12.5. The molecule has 2 aromatic rings. The van der Waals surface area contributed by atoms with Gasteiger partial charge in [-0.05, 0) is 38.1 Å². The summed E-state index contributed by atoms with van der Waals surface area (Å²) in [5.74, 6) is -0.344. The van der Waals surface area contributed by atoms with E-state index in [0.717, 1.165) is 5.69 Å². The Kier molecular flexibility index (Phi) is 6.09. The van der Waals surface area contributed by atoms with E-state index in [4.69, 9.17) is 0 Å². The number of aliphatic hydroxyl groups is 1. The summed E-state index contributed by atoms with van der Waals surface area (Å²) in [6, 6.07) is 16.4. The van der Waals surface area contributed by atoms with Gasteiger partial charge in [0.15, 0.2) is 5.78 Å². The van der Waals surface area contributed by atoms with Gasteiger partial charge in [-0.25, -0.2) is 0 Å². The van der Waals surface area contributed by atoms with Crippen molar-refractivity contribution in [2.24, 2.45) is 0 Å². The standard InChI is InChI=1S/C19H22N2O3/c1-14(22)12-21(16-8-4-3-5-9-16)13-19(24)20-18-11-7-6-10-17(18)15(2)23/h3-11,14,22H,12-13H2,1-2H3,(H,20,24)/t14-/m0/s1. The van der Waals surface area contributed by atoms with Crippen molar-refractivity contribution >= 4 is 23.1 Å².